The first-order valence-electron chi connectivity index (χ1n) is 42.8. The number of rotatable bonds is 65. The number of benzene rings is 2. The number of phenolic OH excluding ortho intramolecular Hbond substituents is 1. The summed E-state index contributed by atoms with van der Waals surface area (Å²) in [7, 11) is 0. The van der Waals surface area contributed by atoms with Crippen molar-refractivity contribution in [3.05, 3.63) is 65.7 Å². The second-order valence-electron chi connectivity index (χ2n) is 31.6. The standard InChI is InChI=1S/C80H126N26O30S2/c1-37(2)22-46(72(129)106-62(38(3)4)78(135)136)92-58(115)26-90-65(122)50(29-107)101-75(132)55(34-112)105-77(134)54(33-111)103-68(125)45(18-19-61(118)119)97-69(126)47(23-39-10-6-5-7-11-39)99-74(131)52(31-109)104-76(133)53(32-110)102-67(124)44(13-9-21-88-80(85)86)96-71(128)49(25-57(82)114)100-70(127)48(24-40-14-16-41(113)17-15-40)98-73(130)51(30-108)93-59(116)27-91-66(123)56(36-138)94-60(117)28-89-64(121)43(12-8-20-87-79(83)84)95-63(120)42(81)35-137/h5-7,10-11,14-17,37-38,42-56,62,107-113,137-138H,8-9,12-13,18-36,81H2,1-4H3,(H2,82,114)(H,89,121)(H,90,122)(H,91,123)(H,92,115)(H,93,116)(H,94,117)(H,95,120)(H,96,128)(H,97,126)(H,98,130)(H,99,131)(H,100,127)(H,101,132)(H,102,124)(H,103,125)(H,104,133)(H,105,134)(H,106,129)(H,118,119)(H,135,136)(H4,83,84,87)(H4,85,86,88)/t42-,43-,44-,45-,46-,47-,48-,49-,50-,51-,52-,53-,54-,55-,56-,62-/m0/s1. The molecule has 768 valence electrons. The number of aliphatic hydroxyl groups excluding tert-OH is 6. The number of nitrogens with two attached hydrogens (primary N) is 4. The quantitative estimate of drug-likeness (QED) is 0.0127. The number of carboxylic acids is 2. The van der Waals surface area contributed by atoms with E-state index in [-0.39, 0.29) is 73.3 Å². The van der Waals surface area contributed by atoms with Crippen LogP contribution in [-0.2, 0) is 114 Å². The minimum atomic E-state index is -2.13. The monoisotopic (exact) mass is 1990 g/mol. The molecule has 56 nitrogen and oxygen atoms in total. The predicted octanol–water partition coefficient (Wildman–Crippen LogP) is -16.0. The van der Waals surface area contributed by atoms with Crippen molar-refractivity contribution in [1.82, 2.24) is 106 Å². The van der Waals surface area contributed by atoms with Crippen LogP contribution < -0.4 is 129 Å². The molecule has 0 heterocycles. The number of primary amides is 1. The summed E-state index contributed by atoms with van der Waals surface area (Å²) < 4.78 is 0. The van der Waals surface area contributed by atoms with E-state index in [9.17, 15) is 147 Å². The molecule has 0 aromatic heterocycles. The van der Waals surface area contributed by atoms with Gasteiger partial charge in [0.2, 0.25) is 112 Å². The lowest BCUT2D eigenvalue weighted by atomic mass is 10.0. The molecule has 0 radical (unpaired) electrons. The number of aliphatic carboxylic acids is 2. The number of nitrogens with one attached hydrogen (secondary N) is 22. The van der Waals surface area contributed by atoms with Crippen molar-refractivity contribution >= 4 is 161 Å². The number of amides is 19. The van der Waals surface area contributed by atoms with Gasteiger partial charge in [0.05, 0.1) is 71.7 Å². The molecule has 138 heavy (non-hydrogen) atoms. The van der Waals surface area contributed by atoms with E-state index in [0.717, 1.165) is 0 Å². The molecular weight excluding hydrogens is 1870 g/mol. The second kappa shape index (κ2) is 63.4. The summed E-state index contributed by atoms with van der Waals surface area (Å²) in [6.45, 7) is -3.74. The third kappa shape index (κ3) is 45.6. The number of hydrogen-bond acceptors (Lipinski definition) is 33. The second-order valence-corrected chi connectivity index (χ2v) is 32.3. The van der Waals surface area contributed by atoms with Gasteiger partial charge in [-0.25, -0.2) is 4.79 Å². The maximum atomic E-state index is 14.4. The van der Waals surface area contributed by atoms with Crippen LogP contribution in [0.5, 0.6) is 5.75 Å². The van der Waals surface area contributed by atoms with Crippen molar-refractivity contribution in [2.75, 3.05) is 83.9 Å². The maximum absolute atomic E-state index is 14.4. The van der Waals surface area contributed by atoms with Crippen LogP contribution in [0.3, 0.4) is 0 Å². The summed E-state index contributed by atoms with van der Waals surface area (Å²) in [5.41, 5.74) is 22.5. The van der Waals surface area contributed by atoms with E-state index in [1.165, 1.54) is 62.4 Å². The Labute approximate surface area is 800 Å². The highest BCUT2D eigenvalue weighted by molar-refractivity contribution is 7.80. The van der Waals surface area contributed by atoms with Gasteiger partial charge in [0.15, 0.2) is 11.9 Å². The zero-order valence-electron chi connectivity index (χ0n) is 75.7. The summed E-state index contributed by atoms with van der Waals surface area (Å²) in [5.74, 6) is -28.1. The van der Waals surface area contributed by atoms with Crippen LogP contribution in [0.2, 0.25) is 0 Å². The van der Waals surface area contributed by atoms with Crippen LogP contribution in [0.15, 0.2) is 54.6 Å². The van der Waals surface area contributed by atoms with E-state index in [2.05, 4.69) is 121 Å². The summed E-state index contributed by atoms with van der Waals surface area (Å²) in [6.07, 6.45) is -4.22. The zero-order valence-corrected chi connectivity index (χ0v) is 77.4. The van der Waals surface area contributed by atoms with Gasteiger partial charge in [0.25, 0.3) is 0 Å². The molecule has 0 aliphatic rings. The Bertz CT molecular complexity index is 4510. The van der Waals surface area contributed by atoms with Crippen LogP contribution >= 0.6 is 25.3 Å². The highest BCUT2D eigenvalue weighted by atomic mass is 32.1. The minimum Gasteiger partial charge on any atom is -0.508 e. The fourth-order valence-electron chi connectivity index (χ4n) is 12.2. The number of aliphatic hydroxyl groups is 6. The lowest BCUT2D eigenvalue weighted by molar-refractivity contribution is -0.143. The fraction of sp³-hybridized carbons (Fsp3) is 0.562. The molecule has 0 fully saturated rings. The molecule has 2 aromatic carbocycles. The van der Waals surface area contributed by atoms with Crippen molar-refractivity contribution in [3.63, 3.8) is 0 Å². The normalized spacial score (nSPS) is 14.4. The first-order valence-corrected chi connectivity index (χ1v) is 44.0. The maximum Gasteiger partial charge on any atom is 0.326 e. The van der Waals surface area contributed by atoms with E-state index in [1.54, 1.807) is 19.9 Å². The van der Waals surface area contributed by atoms with E-state index in [4.69, 9.17) is 33.8 Å². The summed E-state index contributed by atoms with van der Waals surface area (Å²) in [4.78, 5) is 282. The number of carbonyl (C=O) groups excluding carboxylic acids is 19. The Hall–Kier alpha value is -13.9. The molecule has 2 rings (SSSR count). The lowest BCUT2D eigenvalue weighted by Crippen LogP contribution is -2.62. The van der Waals surface area contributed by atoms with Crippen molar-refractivity contribution in [3.8, 4) is 5.75 Å². The molecule has 16 atom stereocenters. The van der Waals surface area contributed by atoms with Gasteiger partial charge in [-0.1, -0.05) is 70.2 Å². The van der Waals surface area contributed by atoms with Gasteiger partial charge in [0.1, 0.15) is 96.4 Å². The smallest absolute Gasteiger partial charge is 0.326 e. The average Bonchev–Trinajstić information content (AvgIpc) is 0.849. The number of aromatic hydroxyl groups is 1. The van der Waals surface area contributed by atoms with Gasteiger partial charge in [-0.2, -0.15) is 25.3 Å². The van der Waals surface area contributed by atoms with Crippen LogP contribution in [0.4, 0.5) is 0 Å². The largest absolute Gasteiger partial charge is 0.508 e. The third-order valence-corrected chi connectivity index (χ3v) is 20.4. The number of phenols is 1. The van der Waals surface area contributed by atoms with Gasteiger partial charge in [0, 0.05) is 43.9 Å². The van der Waals surface area contributed by atoms with Gasteiger partial charge in [-0.15, -0.1) is 0 Å². The van der Waals surface area contributed by atoms with Gasteiger partial charge >= 0.3 is 11.9 Å². The molecule has 0 bridgehead atoms. The molecule has 39 N–H and O–H groups in total. The zero-order chi connectivity index (χ0) is 104. The van der Waals surface area contributed by atoms with Crippen LogP contribution in [0.25, 0.3) is 0 Å². The molecule has 2 aromatic rings. The van der Waals surface area contributed by atoms with E-state index in [1.807, 2.05) is 10.6 Å². The molecule has 58 heteroatoms. The predicted molar refractivity (Wildman–Crippen MR) is 489 cm³/mol. The Kier molecular flexibility index (Phi) is 55.2. The van der Waals surface area contributed by atoms with E-state index in [0.29, 0.717) is 0 Å². The van der Waals surface area contributed by atoms with Gasteiger partial charge in [-0.05, 0) is 73.6 Å². The number of guanidine groups is 2. The molecule has 19 amide bonds. The first-order chi connectivity index (χ1) is 65.1. The molecule has 0 aliphatic heterocycles. The topological polar surface area (TPSA) is 933 Å². The SMILES string of the molecule is CC(C)C[C@H](NC(=O)CNC(=O)[C@H](CO)NC(=O)[C@H](CO)NC(=O)[C@H](CO)NC(=O)[C@H](CCC(=O)O)NC(=O)[C@H](Cc1ccccc1)NC(=O)[C@H](CO)NC(=O)[C@H](CO)NC(=O)[C@H](CCCNC(=N)N)NC(=O)[C@H](CC(N)=O)NC(=O)[C@H](Cc1ccc(O)cc1)NC(=O)[C@H](CO)NC(=O)CNC(=O)[C@H](CS)NC(=O)CNC(=O)[C@H](CCCNC(=N)N)NC(=O)[C@@H](N)CS)C(=O)N[C@H](C(=O)O)C(C)C. The Morgan fingerprint density at radius 3 is 1.01 bits per heavy atom. The molecular formula is C80H126N26O30S2. The number of thiol groups is 2. The highest BCUT2D eigenvalue weighted by Gasteiger charge is 2.39. The molecule has 0 aliphatic carbocycles. The van der Waals surface area contributed by atoms with Gasteiger partial charge in [-0.3, -0.25) is 107 Å². The molecule has 0 spiro atoms. The Morgan fingerprint density at radius 2 is 0.652 bits per heavy atom. The first kappa shape index (κ1) is 120. The van der Waals surface area contributed by atoms with Crippen molar-refractivity contribution in [1.29, 1.82) is 10.8 Å². The minimum absolute atomic E-state index is 0.0114. The summed E-state index contributed by atoms with van der Waals surface area (Å²) in [5, 5.41) is 151. The molecule has 0 saturated carbocycles. The Balaban J connectivity index is 2.40. The molecule has 0 saturated heterocycles. The van der Waals surface area contributed by atoms with Crippen LogP contribution in [0, 0.1) is 22.7 Å². The van der Waals surface area contributed by atoms with E-state index >= 15 is 0 Å². The van der Waals surface area contributed by atoms with Crippen LogP contribution in [0.1, 0.15) is 90.2 Å². The highest BCUT2D eigenvalue weighted by Crippen LogP contribution is 2.15. The van der Waals surface area contributed by atoms with Crippen molar-refractivity contribution < 1.29 is 147 Å². The van der Waals surface area contributed by atoms with Crippen LogP contribution in [-0.4, -0.2) is 363 Å². The van der Waals surface area contributed by atoms with Gasteiger partial charge < -0.3 is 175 Å². The van der Waals surface area contributed by atoms with E-state index < -0.39 is 336 Å². The number of carbonyl (C=O) groups is 21. The lowest BCUT2D eigenvalue weighted by Gasteiger charge is -2.27. The summed E-state index contributed by atoms with van der Waals surface area (Å²) >= 11 is 8.05. The number of carboxylic acid groups (broad SMARTS) is 2. The van der Waals surface area contributed by atoms with Crippen molar-refractivity contribution in [2.45, 2.75) is 189 Å². The molecule has 0 unspecified atom stereocenters. The fourth-order valence-corrected chi connectivity index (χ4v) is 12.6. The number of hydrogen-bond donors (Lipinski definition) is 37. The summed E-state index contributed by atoms with van der Waals surface area (Å²) in [6, 6.07) is -16.0. The average molecular weight is 2000 g/mol. The van der Waals surface area contributed by atoms with Crippen molar-refractivity contribution in [2.24, 2.45) is 34.8 Å². The third-order valence-electron chi connectivity index (χ3n) is 19.6. The Morgan fingerprint density at radius 1 is 0.348 bits per heavy atom.